The SMILES string of the molecule is CC1(C)CC(C(=O)NC2CCCC(NC(=O)C3CC(C)(C)CC(C)(C)C3)C2)CC(C)(C)C1. The first-order valence-electron chi connectivity index (χ1n) is 13.2. The molecule has 3 aliphatic rings. The van der Waals surface area contributed by atoms with Crippen molar-refractivity contribution in [2.24, 2.45) is 33.5 Å². The van der Waals surface area contributed by atoms with Crippen LogP contribution in [-0.2, 0) is 9.59 Å². The maximum Gasteiger partial charge on any atom is 0.223 e. The van der Waals surface area contributed by atoms with Gasteiger partial charge in [-0.05, 0) is 85.9 Å². The van der Waals surface area contributed by atoms with Crippen LogP contribution in [0.1, 0.15) is 120 Å². The van der Waals surface area contributed by atoms with Crippen molar-refractivity contribution in [1.82, 2.24) is 10.6 Å². The van der Waals surface area contributed by atoms with Crippen molar-refractivity contribution in [2.75, 3.05) is 0 Å². The van der Waals surface area contributed by atoms with Gasteiger partial charge in [-0.25, -0.2) is 0 Å². The number of amides is 2. The lowest BCUT2D eigenvalue weighted by atomic mass is 9.61. The minimum atomic E-state index is 0.107. The van der Waals surface area contributed by atoms with Crippen LogP contribution >= 0.6 is 0 Å². The van der Waals surface area contributed by atoms with E-state index in [1.165, 1.54) is 12.8 Å². The van der Waals surface area contributed by atoms with E-state index in [0.717, 1.165) is 51.4 Å². The van der Waals surface area contributed by atoms with Gasteiger partial charge in [0.2, 0.25) is 11.8 Å². The van der Waals surface area contributed by atoms with Crippen LogP contribution in [0.2, 0.25) is 0 Å². The lowest BCUT2D eigenvalue weighted by molar-refractivity contribution is -0.130. The van der Waals surface area contributed by atoms with E-state index in [0.29, 0.717) is 0 Å². The summed E-state index contributed by atoms with van der Waals surface area (Å²) in [4.78, 5) is 26.3. The van der Waals surface area contributed by atoms with Gasteiger partial charge in [-0.3, -0.25) is 9.59 Å². The average Bonchev–Trinajstić information content (AvgIpc) is 2.56. The maximum atomic E-state index is 13.2. The van der Waals surface area contributed by atoms with E-state index in [2.05, 4.69) is 66.0 Å². The van der Waals surface area contributed by atoms with Gasteiger partial charge in [0.15, 0.2) is 0 Å². The quantitative estimate of drug-likeness (QED) is 0.537. The van der Waals surface area contributed by atoms with E-state index < -0.39 is 0 Å². The molecule has 0 aromatic carbocycles. The Hall–Kier alpha value is -1.06. The van der Waals surface area contributed by atoms with E-state index >= 15 is 0 Å². The predicted molar refractivity (Wildman–Crippen MR) is 132 cm³/mol. The third-order valence-corrected chi connectivity index (χ3v) is 8.22. The highest BCUT2D eigenvalue weighted by Gasteiger charge is 2.43. The Balaban J connectivity index is 1.54. The van der Waals surface area contributed by atoms with Gasteiger partial charge in [0.25, 0.3) is 0 Å². The van der Waals surface area contributed by atoms with Gasteiger partial charge in [-0.1, -0.05) is 55.4 Å². The molecule has 4 nitrogen and oxygen atoms in total. The highest BCUT2D eigenvalue weighted by molar-refractivity contribution is 5.80. The van der Waals surface area contributed by atoms with Crippen molar-refractivity contribution < 1.29 is 9.59 Å². The maximum absolute atomic E-state index is 13.2. The van der Waals surface area contributed by atoms with Gasteiger partial charge >= 0.3 is 0 Å². The molecule has 0 bridgehead atoms. The lowest BCUT2D eigenvalue weighted by Crippen LogP contribution is -2.50. The summed E-state index contributed by atoms with van der Waals surface area (Å²) in [7, 11) is 0. The second kappa shape index (κ2) is 8.95. The van der Waals surface area contributed by atoms with Crippen molar-refractivity contribution in [3.63, 3.8) is 0 Å². The first-order valence-corrected chi connectivity index (χ1v) is 13.2. The summed E-state index contributed by atoms with van der Waals surface area (Å²) < 4.78 is 0. The minimum Gasteiger partial charge on any atom is -0.353 e. The molecule has 0 saturated heterocycles. The molecule has 0 spiro atoms. The molecule has 3 aliphatic carbocycles. The zero-order chi connectivity index (χ0) is 23.9. The standard InChI is InChI=1S/C28H50N2O2/c1-25(2)13-19(14-26(3,4)17-25)23(31)29-21-10-9-11-22(12-21)30-24(32)20-15-27(5,6)18-28(7,8)16-20/h19-22H,9-18H2,1-8H3,(H,29,31)(H,30,32). The number of rotatable bonds is 4. The molecule has 0 aromatic rings. The van der Waals surface area contributed by atoms with Crippen molar-refractivity contribution in [1.29, 1.82) is 0 Å². The lowest BCUT2D eigenvalue weighted by Gasteiger charge is -2.45. The number of nitrogens with one attached hydrogen (secondary N) is 2. The van der Waals surface area contributed by atoms with E-state index in [-0.39, 0.29) is 57.4 Å². The Morgan fingerprint density at radius 2 is 0.906 bits per heavy atom. The Morgan fingerprint density at radius 3 is 1.22 bits per heavy atom. The fourth-order valence-electron chi connectivity index (χ4n) is 8.15. The molecule has 0 heterocycles. The molecule has 3 saturated carbocycles. The van der Waals surface area contributed by atoms with Gasteiger partial charge < -0.3 is 10.6 Å². The van der Waals surface area contributed by atoms with Crippen LogP contribution in [0, 0.1) is 33.5 Å². The molecule has 184 valence electrons. The zero-order valence-corrected chi connectivity index (χ0v) is 22.2. The van der Waals surface area contributed by atoms with Crippen LogP contribution in [0.15, 0.2) is 0 Å². The molecule has 3 fully saturated rings. The summed E-state index contributed by atoms with van der Waals surface area (Å²) in [6, 6.07) is 0.378. The normalized spacial score (nSPS) is 32.1. The summed E-state index contributed by atoms with van der Waals surface area (Å²) in [5.74, 6) is 0.683. The molecule has 0 radical (unpaired) electrons. The largest absolute Gasteiger partial charge is 0.353 e. The molecule has 4 heteroatoms. The summed E-state index contributed by atoms with van der Waals surface area (Å²) in [6.07, 6.45) is 10.2. The van der Waals surface area contributed by atoms with Crippen molar-refractivity contribution in [3.05, 3.63) is 0 Å². The molecular weight excluding hydrogens is 396 g/mol. The topological polar surface area (TPSA) is 58.2 Å². The van der Waals surface area contributed by atoms with Crippen molar-refractivity contribution in [2.45, 2.75) is 132 Å². The van der Waals surface area contributed by atoms with Gasteiger partial charge in [-0.2, -0.15) is 0 Å². The Labute approximate surface area is 197 Å². The molecule has 32 heavy (non-hydrogen) atoms. The first kappa shape index (κ1) is 25.6. The Morgan fingerprint density at radius 1 is 0.594 bits per heavy atom. The number of hydrogen-bond acceptors (Lipinski definition) is 2. The fourth-order valence-corrected chi connectivity index (χ4v) is 8.15. The molecule has 0 aliphatic heterocycles. The fraction of sp³-hybridized carbons (Fsp3) is 0.929. The van der Waals surface area contributed by atoms with E-state index in [9.17, 15) is 9.59 Å². The van der Waals surface area contributed by atoms with Crippen molar-refractivity contribution in [3.8, 4) is 0 Å². The van der Waals surface area contributed by atoms with Gasteiger partial charge in [-0.15, -0.1) is 0 Å². The smallest absolute Gasteiger partial charge is 0.223 e. The third kappa shape index (κ3) is 6.97. The summed E-state index contributed by atoms with van der Waals surface area (Å²) in [5.41, 5.74) is 0.867. The molecule has 2 unspecified atom stereocenters. The van der Waals surface area contributed by atoms with Crippen LogP contribution in [-0.4, -0.2) is 23.9 Å². The van der Waals surface area contributed by atoms with E-state index in [1.807, 2.05) is 0 Å². The molecule has 2 N–H and O–H groups in total. The molecule has 3 rings (SSSR count). The summed E-state index contributed by atoms with van der Waals surface area (Å²) >= 11 is 0. The van der Waals surface area contributed by atoms with Gasteiger partial charge in [0.1, 0.15) is 0 Å². The van der Waals surface area contributed by atoms with Crippen LogP contribution in [0.4, 0.5) is 0 Å². The van der Waals surface area contributed by atoms with E-state index in [1.54, 1.807) is 0 Å². The Kier molecular flexibility index (Phi) is 7.15. The minimum absolute atomic E-state index is 0.107. The third-order valence-electron chi connectivity index (χ3n) is 8.22. The first-order chi connectivity index (χ1) is 14.5. The predicted octanol–water partition coefficient (Wildman–Crippen LogP) is 6.24. The Bertz CT molecular complexity index is 616. The van der Waals surface area contributed by atoms with Crippen LogP contribution < -0.4 is 10.6 Å². The second-order valence-electron chi connectivity index (χ2n) is 14.8. The molecular formula is C28H50N2O2. The summed E-state index contributed by atoms with van der Waals surface area (Å²) in [6.45, 7) is 18.4. The van der Waals surface area contributed by atoms with Crippen LogP contribution in [0.5, 0.6) is 0 Å². The number of hydrogen-bond donors (Lipinski definition) is 2. The monoisotopic (exact) mass is 446 g/mol. The van der Waals surface area contributed by atoms with Crippen LogP contribution in [0.3, 0.4) is 0 Å². The van der Waals surface area contributed by atoms with E-state index in [4.69, 9.17) is 0 Å². The molecule has 0 aromatic heterocycles. The molecule has 2 amide bonds. The van der Waals surface area contributed by atoms with Gasteiger partial charge in [0, 0.05) is 23.9 Å². The highest BCUT2D eigenvalue weighted by atomic mass is 16.2. The zero-order valence-electron chi connectivity index (χ0n) is 22.2. The second-order valence-corrected chi connectivity index (χ2v) is 14.8. The van der Waals surface area contributed by atoms with Crippen molar-refractivity contribution >= 4 is 11.8 Å². The number of carbonyl (C=O) groups excluding carboxylic acids is 2. The molecule has 2 atom stereocenters. The summed E-state index contributed by atoms with van der Waals surface area (Å²) in [5, 5.41) is 6.77. The highest BCUT2D eigenvalue weighted by Crippen LogP contribution is 2.49. The van der Waals surface area contributed by atoms with Gasteiger partial charge in [0.05, 0.1) is 0 Å². The van der Waals surface area contributed by atoms with Crippen LogP contribution in [0.25, 0.3) is 0 Å². The average molecular weight is 447 g/mol. The number of carbonyl (C=O) groups is 2.